The number of ether oxygens (including phenoxy) is 1. The van der Waals surface area contributed by atoms with Crippen molar-refractivity contribution in [1.82, 2.24) is 5.32 Å². The summed E-state index contributed by atoms with van der Waals surface area (Å²) in [7, 11) is 1.54. The molecule has 4 nitrogen and oxygen atoms in total. The molecule has 88 valence electrons. The molecule has 0 unspecified atom stereocenters. The zero-order valence-electron chi connectivity index (χ0n) is 9.99. The van der Waals surface area contributed by atoms with E-state index in [1.807, 2.05) is 18.2 Å². The van der Waals surface area contributed by atoms with Crippen LogP contribution >= 0.6 is 0 Å². The summed E-state index contributed by atoms with van der Waals surface area (Å²) in [4.78, 5) is 13.2. The van der Waals surface area contributed by atoms with Gasteiger partial charge in [0.2, 0.25) is 0 Å². The van der Waals surface area contributed by atoms with Crippen LogP contribution in [0.5, 0.6) is 5.75 Å². The molecule has 0 aliphatic rings. The van der Waals surface area contributed by atoms with Gasteiger partial charge in [-0.05, 0) is 26.0 Å². The van der Waals surface area contributed by atoms with Gasteiger partial charge in [-0.15, -0.1) is 0 Å². The Morgan fingerprint density at radius 3 is 2.62 bits per heavy atom. The number of anilines is 1. The molecule has 0 atom stereocenters. The van der Waals surface area contributed by atoms with Gasteiger partial charge in [-0.1, -0.05) is 6.07 Å². The van der Waals surface area contributed by atoms with E-state index in [4.69, 9.17) is 4.74 Å². The molecule has 0 heterocycles. The van der Waals surface area contributed by atoms with Gasteiger partial charge in [0.25, 0.3) is 0 Å². The zero-order valence-corrected chi connectivity index (χ0v) is 9.99. The van der Waals surface area contributed by atoms with E-state index < -0.39 is 6.09 Å². The van der Waals surface area contributed by atoms with Crippen molar-refractivity contribution in [2.75, 3.05) is 25.0 Å². The molecule has 0 bridgehead atoms. The molecule has 0 saturated carbocycles. The van der Waals surface area contributed by atoms with Gasteiger partial charge in [0, 0.05) is 31.9 Å². The topological polar surface area (TPSA) is 41.6 Å². The SMILES string of the molecule is CCN(CC)c1cccc(OC(=O)NC)c1. The van der Waals surface area contributed by atoms with Crippen molar-refractivity contribution in [2.24, 2.45) is 0 Å². The highest BCUT2D eigenvalue weighted by Crippen LogP contribution is 2.20. The highest BCUT2D eigenvalue weighted by atomic mass is 16.5. The molecule has 1 rings (SSSR count). The van der Waals surface area contributed by atoms with Gasteiger partial charge in [-0.2, -0.15) is 0 Å². The number of nitrogens with one attached hydrogen (secondary N) is 1. The fourth-order valence-corrected chi connectivity index (χ4v) is 1.49. The van der Waals surface area contributed by atoms with Crippen LogP contribution in [0.25, 0.3) is 0 Å². The molecule has 1 aromatic rings. The molecule has 0 aliphatic heterocycles. The predicted molar refractivity (Wildman–Crippen MR) is 65.1 cm³/mol. The smallest absolute Gasteiger partial charge is 0.410 e. The zero-order chi connectivity index (χ0) is 12.0. The van der Waals surface area contributed by atoms with Crippen LogP contribution in [0.1, 0.15) is 13.8 Å². The maximum absolute atomic E-state index is 11.1. The molecule has 0 radical (unpaired) electrons. The number of benzene rings is 1. The first-order valence-corrected chi connectivity index (χ1v) is 5.45. The second-order valence-corrected chi connectivity index (χ2v) is 3.31. The summed E-state index contributed by atoms with van der Waals surface area (Å²) in [5.41, 5.74) is 1.06. The van der Waals surface area contributed by atoms with E-state index in [9.17, 15) is 4.79 Å². The Kier molecular flexibility index (Phi) is 4.64. The summed E-state index contributed by atoms with van der Waals surface area (Å²) in [5, 5.41) is 2.42. The molecule has 1 aromatic carbocycles. The second-order valence-electron chi connectivity index (χ2n) is 3.31. The lowest BCUT2D eigenvalue weighted by Crippen LogP contribution is -2.23. The Morgan fingerprint density at radius 2 is 2.06 bits per heavy atom. The van der Waals surface area contributed by atoms with E-state index in [1.54, 1.807) is 6.07 Å². The van der Waals surface area contributed by atoms with Crippen LogP contribution in [0.3, 0.4) is 0 Å². The largest absolute Gasteiger partial charge is 0.412 e. The Balaban J connectivity index is 2.81. The summed E-state index contributed by atoms with van der Waals surface area (Å²) < 4.78 is 5.07. The van der Waals surface area contributed by atoms with Crippen molar-refractivity contribution in [3.8, 4) is 5.75 Å². The number of amides is 1. The molecule has 4 heteroatoms. The van der Waals surface area contributed by atoms with E-state index >= 15 is 0 Å². The minimum absolute atomic E-state index is 0.448. The Hall–Kier alpha value is -1.71. The van der Waals surface area contributed by atoms with E-state index in [0.29, 0.717) is 5.75 Å². The fraction of sp³-hybridized carbons (Fsp3) is 0.417. The summed E-state index contributed by atoms with van der Waals surface area (Å²) >= 11 is 0. The number of nitrogens with zero attached hydrogens (tertiary/aromatic N) is 1. The first kappa shape index (κ1) is 12.4. The van der Waals surface area contributed by atoms with Crippen LogP contribution in [-0.4, -0.2) is 26.2 Å². The number of carbonyl (C=O) groups is 1. The van der Waals surface area contributed by atoms with Crippen LogP contribution in [0.2, 0.25) is 0 Å². The van der Waals surface area contributed by atoms with Crippen LogP contribution in [-0.2, 0) is 0 Å². The van der Waals surface area contributed by atoms with E-state index in [2.05, 4.69) is 24.1 Å². The van der Waals surface area contributed by atoms with Crippen LogP contribution in [0.4, 0.5) is 10.5 Å². The fourth-order valence-electron chi connectivity index (χ4n) is 1.49. The quantitative estimate of drug-likeness (QED) is 0.849. The molecule has 16 heavy (non-hydrogen) atoms. The van der Waals surface area contributed by atoms with E-state index in [0.717, 1.165) is 18.8 Å². The highest BCUT2D eigenvalue weighted by Gasteiger charge is 2.05. The van der Waals surface area contributed by atoms with Gasteiger partial charge in [0.05, 0.1) is 0 Å². The number of rotatable bonds is 4. The maximum Gasteiger partial charge on any atom is 0.412 e. The normalized spacial score (nSPS) is 9.69. The van der Waals surface area contributed by atoms with Crippen molar-refractivity contribution < 1.29 is 9.53 Å². The third-order valence-corrected chi connectivity index (χ3v) is 2.36. The predicted octanol–water partition coefficient (Wildman–Crippen LogP) is 2.25. The lowest BCUT2D eigenvalue weighted by molar-refractivity contribution is 0.203. The van der Waals surface area contributed by atoms with Gasteiger partial charge in [0.1, 0.15) is 5.75 Å². The molecular formula is C12H18N2O2. The summed E-state index contributed by atoms with van der Waals surface area (Å²) in [6.45, 7) is 6.05. The van der Waals surface area contributed by atoms with Crippen molar-refractivity contribution in [2.45, 2.75) is 13.8 Å². The third kappa shape index (κ3) is 3.15. The molecule has 1 amide bonds. The Labute approximate surface area is 96.2 Å². The van der Waals surface area contributed by atoms with E-state index in [-0.39, 0.29) is 0 Å². The number of hydrogen-bond acceptors (Lipinski definition) is 3. The average molecular weight is 222 g/mol. The first-order valence-electron chi connectivity index (χ1n) is 5.45. The molecular weight excluding hydrogens is 204 g/mol. The second kappa shape index (κ2) is 6.00. The summed E-state index contributed by atoms with van der Waals surface area (Å²) in [6.07, 6.45) is -0.448. The lowest BCUT2D eigenvalue weighted by atomic mass is 10.2. The average Bonchev–Trinajstić information content (AvgIpc) is 2.31. The molecule has 0 aliphatic carbocycles. The minimum atomic E-state index is -0.448. The Morgan fingerprint density at radius 1 is 1.38 bits per heavy atom. The molecule has 0 aromatic heterocycles. The number of carbonyl (C=O) groups excluding carboxylic acids is 1. The summed E-state index contributed by atoms with van der Waals surface area (Å²) in [6, 6.07) is 7.51. The molecule has 0 fully saturated rings. The van der Waals surface area contributed by atoms with Crippen LogP contribution in [0, 0.1) is 0 Å². The minimum Gasteiger partial charge on any atom is -0.410 e. The van der Waals surface area contributed by atoms with Gasteiger partial charge in [0.15, 0.2) is 0 Å². The Bertz CT molecular complexity index is 349. The van der Waals surface area contributed by atoms with Gasteiger partial charge >= 0.3 is 6.09 Å². The maximum atomic E-state index is 11.1. The van der Waals surface area contributed by atoms with E-state index in [1.165, 1.54) is 7.05 Å². The first-order chi connectivity index (χ1) is 7.71. The van der Waals surface area contributed by atoms with Gasteiger partial charge in [-0.25, -0.2) is 4.79 Å². The van der Waals surface area contributed by atoms with Crippen molar-refractivity contribution in [3.63, 3.8) is 0 Å². The van der Waals surface area contributed by atoms with Crippen molar-refractivity contribution >= 4 is 11.8 Å². The highest BCUT2D eigenvalue weighted by molar-refractivity contribution is 5.70. The third-order valence-electron chi connectivity index (χ3n) is 2.36. The number of hydrogen-bond donors (Lipinski definition) is 1. The summed E-state index contributed by atoms with van der Waals surface area (Å²) in [5.74, 6) is 0.559. The lowest BCUT2D eigenvalue weighted by Gasteiger charge is -2.21. The van der Waals surface area contributed by atoms with Crippen LogP contribution in [0.15, 0.2) is 24.3 Å². The van der Waals surface area contributed by atoms with Gasteiger partial charge in [-0.3, -0.25) is 0 Å². The molecule has 0 saturated heterocycles. The standard InChI is InChI=1S/C12H18N2O2/c1-4-14(5-2)10-7-6-8-11(9-10)16-12(15)13-3/h6-9H,4-5H2,1-3H3,(H,13,15). The monoisotopic (exact) mass is 222 g/mol. The van der Waals surface area contributed by atoms with Crippen molar-refractivity contribution in [1.29, 1.82) is 0 Å². The van der Waals surface area contributed by atoms with Crippen LogP contribution < -0.4 is 15.0 Å². The molecule has 0 spiro atoms. The van der Waals surface area contributed by atoms with Crippen molar-refractivity contribution in [3.05, 3.63) is 24.3 Å². The molecule has 1 N–H and O–H groups in total. The van der Waals surface area contributed by atoms with Gasteiger partial charge < -0.3 is 15.0 Å².